The monoisotopic (exact) mass is 339 g/mol. The van der Waals surface area contributed by atoms with Crippen molar-refractivity contribution in [3.8, 4) is 17.5 Å². The van der Waals surface area contributed by atoms with E-state index in [0.29, 0.717) is 17.0 Å². The van der Waals surface area contributed by atoms with Crippen molar-refractivity contribution in [2.45, 2.75) is 11.4 Å². The van der Waals surface area contributed by atoms with Crippen LogP contribution in [0.25, 0.3) is 11.5 Å². The number of hydrogen-bond acceptors (Lipinski definition) is 5. The van der Waals surface area contributed by atoms with E-state index in [1.54, 1.807) is 48.9 Å². The molecule has 1 aromatic carbocycles. The second-order valence-corrected chi connectivity index (χ2v) is 6.70. The van der Waals surface area contributed by atoms with E-state index in [-0.39, 0.29) is 17.0 Å². The number of furan rings is 1. The number of sulfonamides is 1. The Bertz CT molecular complexity index is 973. The maximum Gasteiger partial charge on any atom is 0.242 e. The van der Waals surface area contributed by atoms with E-state index < -0.39 is 10.0 Å². The molecule has 0 atom stereocenters. The van der Waals surface area contributed by atoms with Gasteiger partial charge in [-0.2, -0.15) is 5.26 Å². The average molecular weight is 339 g/mol. The van der Waals surface area contributed by atoms with Gasteiger partial charge in [-0.1, -0.05) is 18.2 Å². The Balaban J connectivity index is 1.74. The van der Waals surface area contributed by atoms with Crippen LogP contribution in [0.15, 0.2) is 70.3 Å². The Labute approximate surface area is 139 Å². The first-order valence-corrected chi connectivity index (χ1v) is 8.56. The van der Waals surface area contributed by atoms with E-state index in [1.807, 2.05) is 6.07 Å². The second-order valence-electron chi connectivity index (χ2n) is 4.96. The van der Waals surface area contributed by atoms with E-state index in [2.05, 4.69) is 9.71 Å². The van der Waals surface area contributed by atoms with Crippen LogP contribution in [0.2, 0.25) is 0 Å². The van der Waals surface area contributed by atoms with E-state index in [0.717, 1.165) is 0 Å². The van der Waals surface area contributed by atoms with Crippen molar-refractivity contribution in [1.29, 1.82) is 5.26 Å². The van der Waals surface area contributed by atoms with Gasteiger partial charge in [0, 0.05) is 12.7 Å². The molecule has 6 nitrogen and oxygen atoms in total. The summed E-state index contributed by atoms with van der Waals surface area (Å²) in [6.07, 6.45) is 3.14. The van der Waals surface area contributed by atoms with Gasteiger partial charge in [-0.15, -0.1) is 0 Å². The summed E-state index contributed by atoms with van der Waals surface area (Å²) >= 11 is 0. The predicted molar refractivity (Wildman–Crippen MR) is 87.1 cm³/mol. The summed E-state index contributed by atoms with van der Waals surface area (Å²) in [6, 6.07) is 15.0. The molecule has 0 aliphatic rings. The predicted octanol–water partition coefficient (Wildman–Crippen LogP) is 2.69. The van der Waals surface area contributed by atoms with E-state index in [4.69, 9.17) is 9.68 Å². The molecule has 7 heteroatoms. The standard InChI is InChI=1S/C17H13N3O3S/c18-10-14-4-1-2-6-17(14)24(21,22)20-12-13-7-8-15(19-11-13)16-5-3-9-23-16/h1-9,11,20H,12H2. The van der Waals surface area contributed by atoms with Gasteiger partial charge in [-0.25, -0.2) is 13.1 Å². The molecule has 0 unspecified atom stereocenters. The van der Waals surface area contributed by atoms with Gasteiger partial charge >= 0.3 is 0 Å². The van der Waals surface area contributed by atoms with Crippen LogP contribution in [-0.4, -0.2) is 13.4 Å². The zero-order valence-electron chi connectivity index (χ0n) is 12.5. The fourth-order valence-electron chi connectivity index (χ4n) is 2.15. The van der Waals surface area contributed by atoms with Crippen molar-refractivity contribution in [3.05, 3.63) is 72.1 Å². The van der Waals surface area contributed by atoms with Crippen LogP contribution in [0.4, 0.5) is 0 Å². The minimum absolute atomic E-state index is 0.0346. The lowest BCUT2D eigenvalue weighted by Crippen LogP contribution is -2.24. The number of rotatable bonds is 5. The number of nitrogens with zero attached hydrogens (tertiary/aromatic N) is 2. The zero-order valence-corrected chi connectivity index (χ0v) is 13.3. The minimum Gasteiger partial charge on any atom is -0.463 e. The fourth-order valence-corrected chi connectivity index (χ4v) is 3.32. The molecule has 0 amide bonds. The molecule has 2 aromatic heterocycles. The van der Waals surface area contributed by atoms with E-state index in [9.17, 15) is 8.42 Å². The maximum absolute atomic E-state index is 12.3. The molecule has 0 bridgehead atoms. The van der Waals surface area contributed by atoms with Crippen LogP contribution in [0.1, 0.15) is 11.1 Å². The number of benzene rings is 1. The summed E-state index contributed by atoms with van der Waals surface area (Å²) in [7, 11) is -3.77. The maximum atomic E-state index is 12.3. The van der Waals surface area contributed by atoms with Crippen LogP contribution in [-0.2, 0) is 16.6 Å². The Morgan fingerprint density at radius 2 is 1.96 bits per heavy atom. The molecule has 0 fully saturated rings. The molecular weight excluding hydrogens is 326 g/mol. The smallest absolute Gasteiger partial charge is 0.242 e. The van der Waals surface area contributed by atoms with Crippen LogP contribution in [0.5, 0.6) is 0 Å². The molecule has 0 radical (unpaired) electrons. The van der Waals surface area contributed by atoms with Crippen LogP contribution >= 0.6 is 0 Å². The average Bonchev–Trinajstić information content (AvgIpc) is 3.15. The highest BCUT2D eigenvalue weighted by Gasteiger charge is 2.17. The third kappa shape index (κ3) is 3.35. The molecule has 1 N–H and O–H groups in total. The highest BCUT2D eigenvalue weighted by atomic mass is 32.2. The zero-order chi connectivity index (χ0) is 17.0. The summed E-state index contributed by atoms with van der Waals surface area (Å²) in [4.78, 5) is 4.21. The van der Waals surface area contributed by atoms with Gasteiger partial charge in [0.25, 0.3) is 0 Å². The molecule has 3 rings (SSSR count). The first-order chi connectivity index (χ1) is 11.6. The van der Waals surface area contributed by atoms with Crippen molar-refractivity contribution in [2.24, 2.45) is 0 Å². The Hall–Kier alpha value is -2.95. The summed E-state index contributed by atoms with van der Waals surface area (Å²) < 4.78 is 32.4. The third-order valence-electron chi connectivity index (χ3n) is 3.36. The quantitative estimate of drug-likeness (QED) is 0.771. The highest BCUT2D eigenvalue weighted by molar-refractivity contribution is 7.89. The van der Waals surface area contributed by atoms with E-state index >= 15 is 0 Å². The molecule has 0 saturated heterocycles. The molecule has 0 aliphatic heterocycles. The molecule has 3 aromatic rings. The Morgan fingerprint density at radius 3 is 2.62 bits per heavy atom. The normalized spacial score (nSPS) is 11.1. The molecular formula is C17H13N3O3S. The van der Waals surface area contributed by atoms with Crippen LogP contribution in [0, 0.1) is 11.3 Å². The van der Waals surface area contributed by atoms with Gasteiger partial charge in [0.1, 0.15) is 11.8 Å². The number of nitriles is 1. The molecule has 0 spiro atoms. The van der Waals surface area contributed by atoms with Crippen molar-refractivity contribution in [2.75, 3.05) is 0 Å². The summed E-state index contributed by atoms with van der Waals surface area (Å²) in [5.74, 6) is 0.644. The summed E-state index contributed by atoms with van der Waals surface area (Å²) in [5, 5.41) is 9.03. The Kier molecular flexibility index (Phi) is 4.42. The number of pyridine rings is 1. The van der Waals surface area contributed by atoms with Crippen LogP contribution < -0.4 is 4.72 Å². The van der Waals surface area contributed by atoms with Gasteiger partial charge in [-0.3, -0.25) is 4.98 Å². The number of nitrogens with one attached hydrogen (secondary N) is 1. The van der Waals surface area contributed by atoms with Crippen LogP contribution in [0.3, 0.4) is 0 Å². The fraction of sp³-hybridized carbons (Fsp3) is 0.0588. The minimum atomic E-state index is -3.77. The topological polar surface area (TPSA) is 96.0 Å². The van der Waals surface area contributed by atoms with Crippen molar-refractivity contribution < 1.29 is 12.8 Å². The van der Waals surface area contributed by atoms with Gasteiger partial charge in [0.2, 0.25) is 10.0 Å². The first kappa shape index (κ1) is 15.9. The largest absolute Gasteiger partial charge is 0.463 e. The lowest BCUT2D eigenvalue weighted by Gasteiger charge is -2.08. The molecule has 0 saturated carbocycles. The number of hydrogen-bond donors (Lipinski definition) is 1. The van der Waals surface area contributed by atoms with Gasteiger partial charge in [0.05, 0.1) is 16.7 Å². The van der Waals surface area contributed by atoms with Crippen molar-refractivity contribution >= 4 is 10.0 Å². The lowest BCUT2D eigenvalue weighted by atomic mass is 10.2. The lowest BCUT2D eigenvalue weighted by molar-refractivity contribution is 0.578. The van der Waals surface area contributed by atoms with Gasteiger partial charge < -0.3 is 4.42 Å². The van der Waals surface area contributed by atoms with Gasteiger partial charge in [0.15, 0.2) is 5.76 Å². The second kappa shape index (κ2) is 6.66. The number of aromatic nitrogens is 1. The van der Waals surface area contributed by atoms with Crippen molar-refractivity contribution in [1.82, 2.24) is 9.71 Å². The highest BCUT2D eigenvalue weighted by Crippen LogP contribution is 2.18. The summed E-state index contributed by atoms with van der Waals surface area (Å²) in [6.45, 7) is 0.0769. The van der Waals surface area contributed by atoms with Gasteiger partial charge in [-0.05, 0) is 35.9 Å². The SMILES string of the molecule is N#Cc1ccccc1S(=O)(=O)NCc1ccc(-c2ccco2)nc1. The molecule has 24 heavy (non-hydrogen) atoms. The van der Waals surface area contributed by atoms with E-state index in [1.165, 1.54) is 12.1 Å². The summed E-state index contributed by atoms with van der Waals surface area (Å²) in [5.41, 5.74) is 1.47. The Morgan fingerprint density at radius 1 is 1.12 bits per heavy atom. The van der Waals surface area contributed by atoms with Crippen molar-refractivity contribution in [3.63, 3.8) is 0 Å². The first-order valence-electron chi connectivity index (χ1n) is 7.08. The molecule has 120 valence electrons. The third-order valence-corrected chi connectivity index (χ3v) is 4.82. The molecule has 0 aliphatic carbocycles. The molecule has 2 heterocycles.